The Kier molecular flexibility index (Phi) is 2.83. The molecule has 1 atom stereocenters. The highest BCUT2D eigenvalue weighted by molar-refractivity contribution is 7.98. The molecule has 2 aromatic heterocycles. The maximum absolute atomic E-state index is 6.19. The van der Waals surface area contributed by atoms with E-state index in [0.29, 0.717) is 5.15 Å². The Labute approximate surface area is 110 Å². The molecule has 3 rings (SSSR count). The van der Waals surface area contributed by atoms with Crippen molar-refractivity contribution in [1.82, 2.24) is 9.97 Å². The molecule has 2 aromatic rings. The van der Waals surface area contributed by atoms with Crippen LogP contribution in [0, 0.1) is 5.92 Å². The van der Waals surface area contributed by atoms with Gasteiger partial charge in [0.15, 0.2) is 0 Å². The Morgan fingerprint density at radius 1 is 1.53 bits per heavy atom. The Balaban J connectivity index is 2.22. The fraction of sp³-hybridized carbons (Fsp3) is 0.462. The van der Waals surface area contributed by atoms with Crippen molar-refractivity contribution in [2.45, 2.75) is 31.1 Å². The normalized spacial score (nSPS) is 19.6. The second-order valence-corrected chi connectivity index (χ2v) is 6.01. The van der Waals surface area contributed by atoms with Crippen LogP contribution in [0.5, 0.6) is 0 Å². The Morgan fingerprint density at radius 2 is 2.35 bits per heavy atom. The molecule has 0 fully saturated rings. The minimum Gasteiger partial charge on any atom is -0.357 e. The van der Waals surface area contributed by atoms with Crippen molar-refractivity contribution in [3.63, 3.8) is 0 Å². The molecule has 2 heterocycles. The number of nitrogens with zero attached hydrogens (tertiary/aromatic N) is 1. The first-order valence-electron chi connectivity index (χ1n) is 5.93. The van der Waals surface area contributed by atoms with Crippen molar-refractivity contribution in [2.24, 2.45) is 5.92 Å². The summed E-state index contributed by atoms with van der Waals surface area (Å²) in [4.78, 5) is 9.12. The van der Waals surface area contributed by atoms with E-state index in [1.807, 2.05) is 6.26 Å². The molecule has 1 aliphatic rings. The van der Waals surface area contributed by atoms with Gasteiger partial charge in [0.2, 0.25) is 0 Å². The summed E-state index contributed by atoms with van der Waals surface area (Å²) >= 11 is 7.84. The Bertz CT molecular complexity index is 576. The number of nitrogens with one attached hydrogen (secondary N) is 1. The first-order chi connectivity index (χ1) is 8.19. The van der Waals surface area contributed by atoms with Crippen molar-refractivity contribution in [3.8, 4) is 0 Å². The molecule has 0 aliphatic heterocycles. The molecular weight excluding hydrogens is 252 g/mol. The first-order valence-corrected chi connectivity index (χ1v) is 7.53. The Morgan fingerprint density at radius 3 is 3.12 bits per heavy atom. The summed E-state index contributed by atoms with van der Waals surface area (Å²) in [5.41, 5.74) is 4.96. The van der Waals surface area contributed by atoms with Gasteiger partial charge in [0.05, 0.1) is 11.0 Å². The van der Waals surface area contributed by atoms with Gasteiger partial charge in [-0.1, -0.05) is 18.5 Å². The largest absolute Gasteiger partial charge is 0.357 e. The molecule has 90 valence electrons. The van der Waals surface area contributed by atoms with Gasteiger partial charge in [0.1, 0.15) is 5.15 Å². The molecule has 1 unspecified atom stereocenters. The van der Waals surface area contributed by atoms with Crippen molar-refractivity contribution in [2.75, 3.05) is 6.26 Å². The van der Waals surface area contributed by atoms with Gasteiger partial charge in [0, 0.05) is 10.6 Å². The monoisotopic (exact) mass is 266 g/mol. The summed E-state index contributed by atoms with van der Waals surface area (Å²) in [6.45, 7) is 2.31. The molecule has 17 heavy (non-hydrogen) atoms. The standard InChI is InChI=1S/C13H15ClN2S/c1-7-3-4-9-8(5-7)12-10(15-9)6-11(17-2)13(14)16-12/h6-7,15H,3-5H2,1-2H3. The van der Waals surface area contributed by atoms with E-state index in [1.54, 1.807) is 11.8 Å². The molecule has 0 saturated heterocycles. The van der Waals surface area contributed by atoms with E-state index < -0.39 is 0 Å². The minimum atomic E-state index is 0.630. The van der Waals surface area contributed by atoms with Crippen molar-refractivity contribution in [3.05, 3.63) is 22.5 Å². The summed E-state index contributed by atoms with van der Waals surface area (Å²) in [6.07, 6.45) is 5.55. The van der Waals surface area contributed by atoms with E-state index in [2.05, 4.69) is 23.0 Å². The zero-order valence-corrected chi connectivity index (χ0v) is 11.6. The summed E-state index contributed by atoms with van der Waals surface area (Å²) in [5.74, 6) is 0.752. The van der Waals surface area contributed by atoms with Crippen LogP contribution in [0.1, 0.15) is 24.6 Å². The van der Waals surface area contributed by atoms with Crippen LogP contribution in [0.3, 0.4) is 0 Å². The van der Waals surface area contributed by atoms with Crippen molar-refractivity contribution >= 4 is 34.4 Å². The van der Waals surface area contributed by atoms with Gasteiger partial charge in [0.25, 0.3) is 0 Å². The maximum Gasteiger partial charge on any atom is 0.143 e. The van der Waals surface area contributed by atoms with Crippen LogP contribution in [0.15, 0.2) is 11.0 Å². The van der Waals surface area contributed by atoms with Gasteiger partial charge in [-0.2, -0.15) is 0 Å². The zero-order chi connectivity index (χ0) is 12.0. The Hall–Kier alpha value is -0.670. The summed E-state index contributed by atoms with van der Waals surface area (Å²) in [7, 11) is 0. The number of aromatic amines is 1. The summed E-state index contributed by atoms with van der Waals surface area (Å²) < 4.78 is 0. The van der Waals surface area contributed by atoms with E-state index in [9.17, 15) is 0 Å². The molecule has 2 nitrogen and oxygen atoms in total. The predicted octanol–water partition coefficient (Wildman–Crippen LogP) is 4.06. The quantitative estimate of drug-likeness (QED) is 0.623. The topological polar surface area (TPSA) is 28.7 Å². The highest BCUT2D eigenvalue weighted by Crippen LogP contribution is 2.34. The number of fused-ring (bicyclic) bond motifs is 3. The third-order valence-electron chi connectivity index (χ3n) is 3.54. The smallest absolute Gasteiger partial charge is 0.143 e. The molecule has 0 spiro atoms. The van der Waals surface area contributed by atoms with Crippen molar-refractivity contribution < 1.29 is 0 Å². The fourth-order valence-electron chi connectivity index (χ4n) is 2.60. The predicted molar refractivity (Wildman–Crippen MR) is 74.1 cm³/mol. The first kappa shape index (κ1) is 11.4. The lowest BCUT2D eigenvalue weighted by atomic mass is 9.89. The molecule has 0 aromatic carbocycles. The van der Waals surface area contributed by atoms with Gasteiger partial charge in [-0.15, -0.1) is 11.8 Å². The average molecular weight is 267 g/mol. The zero-order valence-electron chi connectivity index (χ0n) is 10.0. The van der Waals surface area contributed by atoms with Crippen molar-refractivity contribution in [1.29, 1.82) is 0 Å². The highest BCUT2D eigenvalue weighted by atomic mass is 35.5. The van der Waals surface area contributed by atoms with Crippen LogP contribution >= 0.6 is 23.4 Å². The number of hydrogen-bond donors (Lipinski definition) is 1. The van der Waals surface area contributed by atoms with Gasteiger partial charge in [-0.25, -0.2) is 4.98 Å². The molecule has 0 bridgehead atoms. The molecule has 4 heteroatoms. The van der Waals surface area contributed by atoms with Crippen LogP contribution in [0.4, 0.5) is 0 Å². The SMILES string of the molecule is CSc1cc2[nH]c3c(c2nc1Cl)CC(C)CC3. The number of aromatic nitrogens is 2. The molecule has 0 amide bonds. The molecule has 1 N–H and O–H groups in total. The third-order valence-corrected chi connectivity index (χ3v) is 4.69. The molecule has 1 aliphatic carbocycles. The average Bonchev–Trinajstić information content (AvgIpc) is 2.65. The minimum absolute atomic E-state index is 0.630. The number of aryl methyl sites for hydroxylation is 1. The van der Waals surface area contributed by atoms with Crippen LogP contribution < -0.4 is 0 Å². The number of hydrogen-bond acceptors (Lipinski definition) is 2. The third kappa shape index (κ3) is 1.85. The van der Waals surface area contributed by atoms with Crippen LogP contribution in [0.2, 0.25) is 5.15 Å². The van der Waals surface area contributed by atoms with Gasteiger partial charge >= 0.3 is 0 Å². The second kappa shape index (κ2) is 4.21. The van der Waals surface area contributed by atoms with Gasteiger partial charge < -0.3 is 4.98 Å². The van der Waals surface area contributed by atoms with E-state index >= 15 is 0 Å². The van der Waals surface area contributed by atoms with Gasteiger partial charge in [-0.05, 0) is 43.1 Å². The van der Waals surface area contributed by atoms with Crippen LogP contribution in [-0.2, 0) is 12.8 Å². The number of halogens is 1. The summed E-state index contributed by atoms with van der Waals surface area (Å²) in [6, 6.07) is 2.12. The number of thioether (sulfide) groups is 1. The van der Waals surface area contributed by atoms with E-state index in [4.69, 9.17) is 11.6 Å². The molecule has 0 saturated carbocycles. The second-order valence-electron chi connectivity index (χ2n) is 4.81. The van der Waals surface area contributed by atoms with Gasteiger partial charge in [-0.3, -0.25) is 0 Å². The summed E-state index contributed by atoms with van der Waals surface area (Å²) in [5, 5.41) is 0.630. The number of rotatable bonds is 1. The lowest BCUT2D eigenvalue weighted by molar-refractivity contribution is 0.499. The van der Waals surface area contributed by atoms with E-state index in [1.165, 1.54) is 17.7 Å². The molecular formula is C13H15ClN2S. The van der Waals surface area contributed by atoms with E-state index in [0.717, 1.165) is 34.7 Å². The number of H-pyrrole nitrogens is 1. The molecule has 0 radical (unpaired) electrons. The van der Waals surface area contributed by atoms with E-state index in [-0.39, 0.29) is 0 Å². The van der Waals surface area contributed by atoms with Crippen LogP contribution in [-0.4, -0.2) is 16.2 Å². The lowest BCUT2D eigenvalue weighted by Crippen LogP contribution is -2.10. The highest BCUT2D eigenvalue weighted by Gasteiger charge is 2.21. The number of pyridine rings is 1. The maximum atomic E-state index is 6.19. The lowest BCUT2D eigenvalue weighted by Gasteiger charge is -2.17. The van der Waals surface area contributed by atoms with Crippen LogP contribution in [0.25, 0.3) is 11.0 Å². The fourth-order valence-corrected chi connectivity index (χ4v) is 3.42.